The van der Waals surface area contributed by atoms with Crippen LogP contribution in [0, 0.1) is 17.5 Å². The number of para-hydroxylation sites is 1. The molecule has 0 bridgehead atoms. The van der Waals surface area contributed by atoms with Crippen LogP contribution in [0.4, 0.5) is 4.39 Å². The Hall–Kier alpha value is -1.65. The average molecular weight is 293 g/mol. The van der Waals surface area contributed by atoms with Crippen molar-refractivity contribution in [2.24, 2.45) is 0 Å². The van der Waals surface area contributed by atoms with Crippen LogP contribution in [0.2, 0.25) is 5.02 Å². The van der Waals surface area contributed by atoms with Crippen molar-refractivity contribution in [1.82, 2.24) is 9.55 Å². The minimum atomic E-state index is -0.437. The van der Waals surface area contributed by atoms with E-state index in [-0.39, 0.29) is 5.02 Å². The molecular formula is C14H10ClFN2S. The Balaban J connectivity index is 2.36. The maximum absolute atomic E-state index is 13.2. The highest BCUT2D eigenvalue weighted by molar-refractivity contribution is 7.71. The molecule has 0 atom stereocenters. The number of H-pyrrole nitrogens is 1. The van der Waals surface area contributed by atoms with E-state index >= 15 is 0 Å². The van der Waals surface area contributed by atoms with Gasteiger partial charge in [0.05, 0.1) is 21.7 Å². The highest BCUT2D eigenvalue weighted by Crippen LogP contribution is 2.24. The lowest BCUT2D eigenvalue weighted by molar-refractivity contribution is 0.628. The lowest BCUT2D eigenvalue weighted by Crippen LogP contribution is -1.94. The molecule has 1 N–H and O–H groups in total. The standard InChI is InChI=1S/C14H10ClFN2S/c1-8-3-2-4-12-13(8)17-14(19)18(12)9-5-6-11(16)10(15)7-9/h2-7H,1H3,(H,17,19). The number of benzene rings is 2. The highest BCUT2D eigenvalue weighted by Gasteiger charge is 2.09. The first-order valence-electron chi connectivity index (χ1n) is 5.73. The van der Waals surface area contributed by atoms with Crippen molar-refractivity contribution in [1.29, 1.82) is 0 Å². The topological polar surface area (TPSA) is 20.7 Å². The summed E-state index contributed by atoms with van der Waals surface area (Å²) in [7, 11) is 0. The van der Waals surface area contributed by atoms with Crippen molar-refractivity contribution >= 4 is 34.9 Å². The second-order valence-electron chi connectivity index (χ2n) is 4.33. The fourth-order valence-corrected chi connectivity index (χ4v) is 2.63. The van der Waals surface area contributed by atoms with E-state index in [0.29, 0.717) is 4.77 Å². The zero-order valence-electron chi connectivity index (χ0n) is 10.1. The summed E-state index contributed by atoms with van der Waals surface area (Å²) in [5.41, 5.74) is 3.78. The molecular weight excluding hydrogens is 283 g/mol. The molecule has 96 valence electrons. The van der Waals surface area contributed by atoms with Crippen LogP contribution >= 0.6 is 23.8 Å². The molecule has 0 aliphatic carbocycles. The molecule has 2 nitrogen and oxygen atoms in total. The monoisotopic (exact) mass is 292 g/mol. The molecule has 3 aromatic rings. The predicted octanol–water partition coefficient (Wildman–Crippen LogP) is 4.79. The molecule has 0 amide bonds. The average Bonchev–Trinajstić information content (AvgIpc) is 2.71. The van der Waals surface area contributed by atoms with Crippen LogP contribution in [0.15, 0.2) is 36.4 Å². The van der Waals surface area contributed by atoms with E-state index < -0.39 is 5.82 Å². The zero-order valence-corrected chi connectivity index (χ0v) is 11.6. The van der Waals surface area contributed by atoms with Crippen LogP contribution in [0.25, 0.3) is 16.7 Å². The number of rotatable bonds is 1. The maximum atomic E-state index is 13.2. The van der Waals surface area contributed by atoms with Gasteiger partial charge in [-0.25, -0.2) is 4.39 Å². The first-order chi connectivity index (χ1) is 9.08. The number of hydrogen-bond acceptors (Lipinski definition) is 1. The van der Waals surface area contributed by atoms with E-state index in [1.54, 1.807) is 12.1 Å². The third kappa shape index (κ3) is 1.97. The van der Waals surface area contributed by atoms with Crippen molar-refractivity contribution in [2.75, 3.05) is 0 Å². The van der Waals surface area contributed by atoms with E-state index in [4.69, 9.17) is 23.8 Å². The van der Waals surface area contributed by atoms with Gasteiger partial charge in [-0.2, -0.15) is 0 Å². The summed E-state index contributed by atoms with van der Waals surface area (Å²) < 4.78 is 15.7. The second kappa shape index (κ2) is 4.47. The normalized spacial score (nSPS) is 11.1. The molecule has 0 unspecified atom stereocenters. The fourth-order valence-electron chi connectivity index (χ4n) is 2.15. The quantitative estimate of drug-likeness (QED) is 0.640. The molecule has 0 aliphatic heterocycles. The summed E-state index contributed by atoms with van der Waals surface area (Å²) >= 11 is 11.2. The molecule has 0 spiro atoms. The Bertz CT molecular complexity index is 835. The molecule has 3 rings (SSSR count). The van der Waals surface area contributed by atoms with Gasteiger partial charge in [-0.3, -0.25) is 4.57 Å². The molecule has 0 radical (unpaired) electrons. The lowest BCUT2D eigenvalue weighted by atomic mass is 10.2. The Kier molecular flexibility index (Phi) is 2.92. The molecule has 0 saturated carbocycles. The van der Waals surface area contributed by atoms with Crippen LogP contribution in [0.5, 0.6) is 0 Å². The van der Waals surface area contributed by atoms with Gasteiger partial charge >= 0.3 is 0 Å². The van der Waals surface area contributed by atoms with Crippen LogP contribution in [-0.2, 0) is 0 Å². The number of hydrogen-bond donors (Lipinski definition) is 1. The Morgan fingerprint density at radius 3 is 2.79 bits per heavy atom. The summed E-state index contributed by atoms with van der Waals surface area (Å²) in [6.07, 6.45) is 0. The van der Waals surface area contributed by atoms with Gasteiger partial charge in [0, 0.05) is 0 Å². The largest absolute Gasteiger partial charge is 0.330 e. The Morgan fingerprint density at radius 1 is 1.26 bits per heavy atom. The minimum Gasteiger partial charge on any atom is -0.330 e. The maximum Gasteiger partial charge on any atom is 0.182 e. The molecule has 0 saturated heterocycles. The number of aromatic nitrogens is 2. The van der Waals surface area contributed by atoms with Gasteiger partial charge in [0.25, 0.3) is 0 Å². The van der Waals surface area contributed by atoms with E-state index in [9.17, 15) is 4.39 Å². The first kappa shape index (κ1) is 12.4. The van der Waals surface area contributed by atoms with Crippen molar-refractivity contribution < 1.29 is 4.39 Å². The van der Waals surface area contributed by atoms with Crippen molar-refractivity contribution in [3.63, 3.8) is 0 Å². The molecule has 0 fully saturated rings. The molecule has 1 aromatic heterocycles. The fraction of sp³-hybridized carbons (Fsp3) is 0.0714. The zero-order chi connectivity index (χ0) is 13.6. The van der Waals surface area contributed by atoms with E-state index in [2.05, 4.69) is 4.98 Å². The number of aryl methyl sites for hydroxylation is 1. The van der Waals surface area contributed by atoms with Crippen molar-refractivity contribution in [3.8, 4) is 5.69 Å². The Morgan fingerprint density at radius 2 is 2.05 bits per heavy atom. The van der Waals surface area contributed by atoms with Crippen LogP contribution in [0.1, 0.15) is 5.56 Å². The van der Waals surface area contributed by atoms with Gasteiger partial charge in [0.2, 0.25) is 0 Å². The van der Waals surface area contributed by atoms with Gasteiger partial charge in [-0.05, 0) is 49.0 Å². The summed E-state index contributed by atoms with van der Waals surface area (Å²) in [5.74, 6) is -0.437. The summed E-state index contributed by atoms with van der Waals surface area (Å²) in [6, 6.07) is 10.5. The van der Waals surface area contributed by atoms with Crippen LogP contribution < -0.4 is 0 Å². The lowest BCUT2D eigenvalue weighted by Gasteiger charge is -2.06. The van der Waals surface area contributed by atoms with Gasteiger partial charge in [-0.15, -0.1) is 0 Å². The summed E-state index contributed by atoms with van der Waals surface area (Å²) in [5, 5.41) is 0.0846. The summed E-state index contributed by atoms with van der Waals surface area (Å²) in [6.45, 7) is 2.01. The van der Waals surface area contributed by atoms with Crippen LogP contribution in [0.3, 0.4) is 0 Å². The number of imidazole rings is 1. The molecule has 2 aromatic carbocycles. The SMILES string of the molecule is Cc1cccc2c1[nH]c(=S)n2-c1ccc(F)c(Cl)c1. The molecule has 1 heterocycles. The number of halogens is 2. The molecule has 19 heavy (non-hydrogen) atoms. The predicted molar refractivity (Wildman–Crippen MR) is 78.2 cm³/mol. The third-order valence-corrected chi connectivity index (χ3v) is 3.66. The first-order valence-corrected chi connectivity index (χ1v) is 6.52. The van der Waals surface area contributed by atoms with Gasteiger partial charge < -0.3 is 4.98 Å². The van der Waals surface area contributed by atoms with Crippen molar-refractivity contribution in [3.05, 3.63) is 57.6 Å². The summed E-state index contributed by atoms with van der Waals surface area (Å²) in [4.78, 5) is 3.17. The van der Waals surface area contributed by atoms with E-state index in [1.807, 2.05) is 29.7 Å². The van der Waals surface area contributed by atoms with Crippen LogP contribution in [-0.4, -0.2) is 9.55 Å². The smallest absolute Gasteiger partial charge is 0.182 e. The third-order valence-electron chi connectivity index (χ3n) is 3.09. The van der Waals surface area contributed by atoms with E-state index in [1.165, 1.54) is 6.07 Å². The molecule has 0 aliphatic rings. The minimum absolute atomic E-state index is 0.0846. The highest BCUT2D eigenvalue weighted by atomic mass is 35.5. The second-order valence-corrected chi connectivity index (χ2v) is 5.13. The van der Waals surface area contributed by atoms with Gasteiger partial charge in [-0.1, -0.05) is 23.7 Å². The number of aromatic amines is 1. The van der Waals surface area contributed by atoms with Gasteiger partial charge in [0.15, 0.2) is 4.77 Å². The number of nitrogens with one attached hydrogen (secondary N) is 1. The number of fused-ring (bicyclic) bond motifs is 1. The van der Waals surface area contributed by atoms with E-state index in [0.717, 1.165) is 22.3 Å². The Labute approximate surface area is 119 Å². The van der Waals surface area contributed by atoms with Gasteiger partial charge in [0.1, 0.15) is 5.82 Å². The molecule has 5 heteroatoms. The number of nitrogens with zero attached hydrogens (tertiary/aromatic N) is 1. The van der Waals surface area contributed by atoms with Crippen molar-refractivity contribution in [2.45, 2.75) is 6.92 Å².